The van der Waals surface area contributed by atoms with Gasteiger partial charge in [0.05, 0.1) is 5.56 Å². The van der Waals surface area contributed by atoms with Gasteiger partial charge in [-0.2, -0.15) is 0 Å². The van der Waals surface area contributed by atoms with Crippen LogP contribution in [0.1, 0.15) is 29.8 Å². The van der Waals surface area contributed by atoms with Gasteiger partial charge in [-0.15, -0.1) is 0 Å². The standard InChI is InChI=1S/C15H20N2O3/c1-4-17(10-11(2)3)15(20)16-9-12-5-7-13(8-6-12)14(18)19/h5-8H,2,4,9-10H2,1,3H3,(H,16,20)(H,18,19). The number of amides is 2. The van der Waals surface area contributed by atoms with E-state index < -0.39 is 5.97 Å². The third kappa shape index (κ3) is 4.76. The van der Waals surface area contributed by atoms with Crippen LogP contribution in [0.25, 0.3) is 0 Å². The molecule has 1 aromatic carbocycles. The van der Waals surface area contributed by atoms with Crippen LogP contribution in [-0.2, 0) is 6.54 Å². The van der Waals surface area contributed by atoms with Crippen molar-refractivity contribution in [2.45, 2.75) is 20.4 Å². The minimum atomic E-state index is -0.959. The van der Waals surface area contributed by atoms with Crippen LogP contribution < -0.4 is 5.32 Å². The second-order valence-electron chi connectivity index (χ2n) is 4.63. The number of benzene rings is 1. The van der Waals surface area contributed by atoms with Gasteiger partial charge in [0.25, 0.3) is 0 Å². The molecule has 0 spiro atoms. The molecule has 1 aromatic rings. The first-order chi connectivity index (χ1) is 9.43. The highest BCUT2D eigenvalue weighted by Crippen LogP contribution is 2.05. The topological polar surface area (TPSA) is 69.6 Å². The van der Waals surface area contributed by atoms with E-state index in [1.165, 1.54) is 12.1 Å². The van der Waals surface area contributed by atoms with Gasteiger partial charge in [0, 0.05) is 19.6 Å². The fourth-order valence-corrected chi connectivity index (χ4v) is 1.71. The van der Waals surface area contributed by atoms with Crippen molar-refractivity contribution in [2.24, 2.45) is 0 Å². The van der Waals surface area contributed by atoms with Crippen molar-refractivity contribution in [1.82, 2.24) is 10.2 Å². The van der Waals surface area contributed by atoms with Gasteiger partial charge in [0.1, 0.15) is 0 Å². The van der Waals surface area contributed by atoms with Crippen molar-refractivity contribution >= 4 is 12.0 Å². The Morgan fingerprint density at radius 1 is 1.30 bits per heavy atom. The van der Waals surface area contributed by atoms with Gasteiger partial charge in [-0.05, 0) is 31.5 Å². The number of likely N-dealkylation sites (N-methyl/N-ethyl adjacent to an activating group) is 1. The third-order valence-corrected chi connectivity index (χ3v) is 2.77. The molecule has 0 bridgehead atoms. The number of urea groups is 1. The molecule has 0 radical (unpaired) electrons. The number of aromatic carboxylic acids is 1. The van der Waals surface area contributed by atoms with Crippen LogP contribution in [0.5, 0.6) is 0 Å². The van der Waals surface area contributed by atoms with Gasteiger partial charge in [-0.3, -0.25) is 0 Å². The fourth-order valence-electron chi connectivity index (χ4n) is 1.71. The van der Waals surface area contributed by atoms with Crippen LogP contribution in [0, 0.1) is 0 Å². The lowest BCUT2D eigenvalue weighted by molar-refractivity contribution is 0.0697. The van der Waals surface area contributed by atoms with Crippen LogP contribution in [0.2, 0.25) is 0 Å². The van der Waals surface area contributed by atoms with Crippen LogP contribution in [-0.4, -0.2) is 35.1 Å². The average Bonchev–Trinajstić information content (AvgIpc) is 2.42. The molecule has 20 heavy (non-hydrogen) atoms. The first-order valence-corrected chi connectivity index (χ1v) is 6.43. The fraction of sp³-hybridized carbons (Fsp3) is 0.333. The molecule has 0 aromatic heterocycles. The molecule has 0 aliphatic carbocycles. The monoisotopic (exact) mass is 276 g/mol. The summed E-state index contributed by atoms with van der Waals surface area (Å²) in [5.74, 6) is -0.959. The lowest BCUT2D eigenvalue weighted by atomic mass is 10.1. The maximum absolute atomic E-state index is 11.9. The van der Waals surface area contributed by atoms with E-state index >= 15 is 0 Å². The Morgan fingerprint density at radius 3 is 2.35 bits per heavy atom. The minimum absolute atomic E-state index is 0.155. The summed E-state index contributed by atoms with van der Waals surface area (Å²) >= 11 is 0. The first-order valence-electron chi connectivity index (χ1n) is 6.43. The summed E-state index contributed by atoms with van der Waals surface area (Å²) < 4.78 is 0. The van der Waals surface area contributed by atoms with Crippen LogP contribution >= 0.6 is 0 Å². The number of hydrogen-bond donors (Lipinski definition) is 2. The molecule has 0 saturated heterocycles. The normalized spacial score (nSPS) is 9.90. The van der Waals surface area contributed by atoms with Gasteiger partial charge in [-0.1, -0.05) is 24.3 Å². The van der Waals surface area contributed by atoms with Crippen LogP contribution in [0.4, 0.5) is 4.79 Å². The number of carboxylic acids is 1. The maximum atomic E-state index is 11.9. The summed E-state index contributed by atoms with van der Waals surface area (Å²) in [6.45, 7) is 9.08. The largest absolute Gasteiger partial charge is 0.478 e. The number of nitrogens with zero attached hydrogens (tertiary/aromatic N) is 1. The Morgan fingerprint density at radius 2 is 1.90 bits per heavy atom. The minimum Gasteiger partial charge on any atom is -0.478 e. The lowest BCUT2D eigenvalue weighted by Gasteiger charge is -2.21. The van der Waals surface area contributed by atoms with E-state index in [9.17, 15) is 9.59 Å². The van der Waals surface area contributed by atoms with E-state index in [4.69, 9.17) is 5.11 Å². The highest BCUT2D eigenvalue weighted by molar-refractivity contribution is 5.87. The Bertz CT molecular complexity index is 494. The molecule has 0 fully saturated rings. The average molecular weight is 276 g/mol. The Kier molecular flexibility index (Phi) is 5.77. The van der Waals surface area contributed by atoms with E-state index in [1.54, 1.807) is 17.0 Å². The molecule has 108 valence electrons. The second-order valence-corrected chi connectivity index (χ2v) is 4.63. The van der Waals surface area contributed by atoms with E-state index in [0.717, 1.165) is 11.1 Å². The number of carboxylic acid groups (broad SMARTS) is 1. The maximum Gasteiger partial charge on any atom is 0.335 e. The van der Waals surface area contributed by atoms with Gasteiger partial charge in [0.2, 0.25) is 0 Å². The molecule has 2 N–H and O–H groups in total. The number of rotatable bonds is 6. The van der Waals surface area contributed by atoms with E-state index in [1.807, 2.05) is 13.8 Å². The van der Waals surface area contributed by atoms with Gasteiger partial charge < -0.3 is 15.3 Å². The van der Waals surface area contributed by atoms with Gasteiger partial charge >= 0.3 is 12.0 Å². The summed E-state index contributed by atoms with van der Waals surface area (Å²) in [6.07, 6.45) is 0. The highest BCUT2D eigenvalue weighted by Gasteiger charge is 2.10. The SMILES string of the molecule is C=C(C)CN(CC)C(=O)NCc1ccc(C(=O)O)cc1. The van der Waals surface area contributed by atoms with E-state index in [2.05, 4.69) is 11.9 Å². The van der Waals surface area contributed by atoms with Crippen molar-refractivity contribution in [3.63, 3.8) is 0 Å². The number of carbonyl (C=O) groups excluding carboxylic acids is 1. The number of hydrogen-bond acceptors (Lipinski definition) is 2. The predicted octanol–water partition coefficient (Wildman–Crippen LogP) is 2.49. The number of carbonyl (C=O) groups is 2. The van der Waals surface area contributed by atoms with Crippen LogP contribution in [0.15, 0.2) is 36.4 Å². The van der Waals surface area contributed by atoms with Gasteiger partial charge in [0.15, 0.2) is 0 Å². The van der Waals surface area contributed by atoms with Crippen LogP contribution in [0.3, 0.4) is 0 Å². The molecule has 0 aliphatic rings. The molecule has 5 nitrogen and oxygen atoms in total. The van der Waals surface area contributed by atoms with Crippen molar-refractivity contribution in [1.29, 1.82) is 0 Å². The summed E-state index contributed by atoms with van der Waals surface area (Å²) in [5, 5.41) is 11.6. The zero-order valence-electron chi connectivity index (χ0n) is 11.8. The molecular formula is C15H20N2O3. The number of nitrogens with one attached hydrogen (secondary N) is 1. The molecule has 1 rings (SSSR count). The Balaban J connectivity index is 2.55. The summed E-state index contributed by atoms with van der Waals surface area (Å²) in [7, 11) is 0. The summed E-state index contributed by atoms with van der Waals surface area (Å²) in [4.78, 5) is 24.3. The molecule has 0 unspecified atom stereocenters. The van der Waals surface area contributed by atoms with Crippen molar-refractivity contribution < 1.29 is 14.7 Å². The molecule has 0 saturated carbocycles. The Hall–Kier alpha value is -2.30. The zero-order chi connectivity index (χ0) is 15.1. The molecule has 0 atom stereocenters. The zero-order valence-corrected chi connectivity index (χ0v) is 11.8. The quantitative estimate of drug-likeness (QED) is 0.784. The lowest BCUT2D eigenvalue weighted by Crippen LogP contribution is -2.40. The van der Waals surface area contributed by atoms with Crippen molar-refractivity contribution in [2.75, 3.05) is 13.1 Å². The predicted molar refractivity (Wildman–Crippen MR) is 77.7 cm³/mol. The first kappa shape index (κ1) is 15.8. The van der Waals surface area contributed by atoms with E-state index in [0.29, 0.717) is 19.6 Å². The van der Waals surface area contributed by atoms with Crippen molar-refractivity contribution in [3.8, 4) is 0 Å². The molecule has 2 amide bonds. The molecule has 5 heteroatoms. The van der Waals surface area contributed by atoms with E-state index in [-0.39, 0.29) is 11.6 Å². The summed E-state index contributed by atoms with van der Waals surface area (Å²) in [6, 6.07) is 6.28. The highest BCUT2D eigenvalue weighted by atomic mass is 16.4. The summed E-state index contributed by atoms with van der Waals surface area (Å²) in [5.41, 5.74) is 2.01. The van der Waals surface area contributed by atoms with Gasteiger partial charge in [-0.25, -0.2) is 9.59 Å². The third-order valence-electron chi connectivity index (χ3n) is 2.77. The second kappa shape index (κ2) is 7.33. The van der Waals surface area contributed by atoms with Crippen molar-refractivity contribution in [3.05, 3.63) is 47.5 Å². The molecule has 0 aliphatic heterocycles. The smallest absolute Gasteiger partial charge is 0.335 e. The molecule has 0 heterocycles. The Labute approximate surface area is 118 Å². The molecular weight excluding hydrogens is 256 g/mol.